The highest BCUT2D eigenvalue weighted by atomic mass is 35.5. The van der Waals surface area contributed by atoms with Crippen LogP contribution in [0.15, 0.2) is 35.7 Å². The lowest BCUT2D eigenvalue weighted by molar-refractivity contribution is 0.0910. The summed E-state index contributed by atoms with van der Waals surface area (Å²) in [6, 6.07) is 4.42. The Hall–Kier alpha value is -1.37. The normalized spacial score (nSPS) is 21.2. The molecular weight excluding hydrogens is 348 g/mol. The van der Waals surface area contributed by atoms with Gasteiger partial charge in [0.15, 0.2) is 0 Å². The Morgan fingerprint density at radius 3 is 2.75 bits per heavy atom. The van der Waals surface area contributed by atoms with E-state index in [2.05, 4.69) is 23.5 Å². The molecule has 0 aliphatic heterocycles. The predicted octanol–water partition coefficient (Wildman–Crippen LogP) is 3.11. The van der Waals surface area contributed by atoms with Gasteiger partial charge in [-0.3, -0.25) is 4.79 Å². The number of rotatable bonds is 6. The summed E-state index contributed by atoms with van der Waals surface area (Å²) in [6.07, 6.45) is 5.77. The summed E-state index contributed by atoms with van der Waals surface area (Å²) in [5.41, 5.74) is 0.288. The third-order valence-electron chi connectivity index (χ3n) is 4.33. The van der Waals surface area contributed by atoms with Gasteiger partial charge in [-0.05, 0) is 37.0 Å². The predicted molar refractivity (Wildman–Crippen MR) is 95.7 cm³/mol. The Bertz CT molecular complexity index is 719. The molecule has 0 aromatic heterocycles. The first-order valence-electron chi connectivity index (χ1n) is 8.06. The summed E-state index contributed by atoms with van der Waals surface area (Å²) in [5, 5.41) is 3.09. The van der Waals surface area contributed by atoms with Crippen LogP contribution in [-0.4, -0.2) is 26.9 Å². The molecule has 2 N–H and O–H groups in total. The average Bonchev–Trinajstić information content (AvgIpc) is 2.55. The van der Waals surface area contributed by atoms with Crippen molar-refractivity contribution in [3.63, 3.8) is 0 Å². The summed E-state index contributed by atoms with van der Waals surface area (Å²) < 4.78 is 26.9. The largest absolute Gasteiger partial charge is 0.349 e. The molecule has 2 rings (SSSR count). The van der Waals surface area contributed by atoms with E-state index in [9.17, 15) is 13.2 Å². The second-order valence-electron chi connectivity index (χ2n) is 6.13. The number of carbonyl (C=O) groups is 1. The number of hydrogen-bond acceptors (Lipinski definition) is 3. The van der Waals surface area contributed by atoms with Crippen LogP contribution in [0.4, 0.5) is 0 Å². The van der Waals surface area contributed by atoms with Crippen molar-refractivity contribution in [1.29, 1.82) is 0 Å². The van der Waals surface area contributed by atoms with Gasteiger partial charge in [0.05, 0.1) is 5.02 Å². The van der Waals surface area contributed by atoms with Crippen LogP contribution in [0.2, 0.25) is 5.02 Å². The maximum absolute atomic E-state index is 12.5. The highest BCUT2D eigenvalue weighted by Crippen LogP contribution is 2.25. The Kier molecular flexibility index (Phi) is 6.43. The molecule has 1 aliphatic rings. The Labute approximate surface area is 148 Å². The molecule has 1 fully saturated rings. The van der Waals surface area contributed by atoms with Gasteiger partial charge in [0.1, 0.15) is 4.90 Å². The van der Waals surface area contributed by atoms with Crippen LogP contribution < -0.4 is 10.0 Å². The van der Waals surface area contributed by atoms with Crippen LogP contribution in [0.5, 0.6) is 0 Å². The maximum Gasteiger partial charge on any atom is 0.251 e. The monoisotopic (exact) mass is 370 g/mol. The van der Waals surface area contributed by atoms with Crippen molar-refractivity contribution in [3.05, 3.63) is 41.4 Å². The number of halogens is 1. The smallest absolute Gasteiger partial charge is 0.251 e. The molecular formula is C17H23ClN2O3S. The van der Waals surface area contributed by atoms with Crippen LogP contribution in [0.1, 0.15) is 43.0 Å². The molecule has 24 heavy (non-hydrogen) atoms. The minimum atomic E-state index is -3.79. The zero-order chi connectivity index (χ0) is 17.7. The maximum atomic E-state index is 12.5. The molecule has 5 nitrogen and oxygen atoms in total. The Morgan fingerprint density at radius 1 is 1.38 bits per heavy atom. The number of benzene rings is 1. The van der Waals surface area contributed by atoms with E-state index in [0.29, 0.717) is 5.92 Å². The van der Waals surface area contributed by atoms with Gasteiger partial charge in [-0.1, -0.05) is 37.4 Å². The molecule has 0 bridgehead atoms. The SMILES string of the molecule is C=CCNS(=O)(=O)c1cc(C(=O)N[C@H]2CCCC[C@H]2C)ccc1Cl. The first-order chi connectivity index (χ1) is 11.3. The van der Waals surface area contributed by atoms with Crippen LogP contribution in [-0.2, 0) is 10.0 Å². The van der Waals surface area contributed by atoms with E-state index in [-0.39, 0.29) is 34.0 Å². The summed E-state index contributed by atoms with van der Waals surface area (Å²) >= 11 is 6.00. The quantitative estimate of drug-likeness (QED) is 0.755. The molecule has 0 saturated heterocycles. The lowest BCUT2D eigenvalue weighted by Crippen LogP contribution is -2.41. The number of carbonyl (C=O) groups excluding carboxylic acids is 1. The molecule has 1 aliphatic carbocycles. The summed E-state index contributed by atoms with van der Waals surface area (Å²) in [5.74, 6) is 0.151. The fraction of sp³-hybridized carbons (Fsp3) is 0.471. The van der Waals surface area contributed by atoms with Gasteiger partial charge in [0.25, 0.3) is 5.91 Å². The van der Waals surface area contributed by atoms with Crippen molar-refractivity contribution in [3.8, 4) is 0 Å². The summed E-state index contributed by atoms with van der Waals surface area (Å²) in [6.45, 7) is 5.69. The number of hydrogen-bond donors (Lipinski definition) is 2. The van der Waals surface area contributed by atoms with Crippen molar-refractivity contribution >= 4 is 27.5 Å². The van der Waals surface area contributed by atoms with Crippen molar-refractivity contribution in [2.24, 2.45) is 5.92 Å². The molecule has 0 heterocycles. The zero-order valence-electron chi connectivity index (χ0n) is 13.7. The highest BCUT2D eigenvalue weighted by Gasteiger charge is 2.24. The lowest BCUT2D eigenvalue weighted by atomic mass is 9.86. The minimum Gasteiger partial charge on any atom is -0.349 e. The number of nitrogens with one attached hydrogen (secondary N) is 2. The number of amides is 1. The third-order valence-corrected chi connectivity index (χ3v) is 6.23. The van der Waals surface area contributed by atoms with E-state index in [1.54, 1.807) is 0 Å². The van der Waals surface area contributed by atoms with Crippen molar-refractivity contribution in [2.45, 2.75) is 43.5 Å². The first-order valence-corrected chi connectivity index (χ1v) is 9.92. The van der Waals surface area contributed by atoms with Crippen LogP contribution in [0.25, 0.3) is 0 Å². The molecule has 2 atom stereocenters. The van der Waals surface area contributed by atoms with Gasteiger partial charge in [-0.2, -0.15) is 0 Å². The van der Waals surface area contributed by atoms with Gasteiger partial charge in [-0.25, -0.2) is 13.1 Å². The third kappa shape index (κ3) is 4.59. The highest BCUT2D eigenvalue weighted by molar-refractivity contribution is 7.89. The molecule has 1 aromatic rings. The summed E-state index contributed by atoms with van der Waals surface area (Å²) in [7, 11) is -3.79. The van der Waals surface area contributed by atoms with Gasteiger partial charge in [0.2, 0.25) is 10.0 Å². The van der Waals surface area contributed by atoms with E-state index >= 15 is 0 Å². The number of sulfonamides is 1. The van der Waals surface area contributed by atoms with Crippen LogP contribution >= 0.6 is 11.6 Å². The minimum absolute atomic E-state index is 0.0779. The van der Waals surface area contributed by atoms with E-state index in [0.717, 1.165) is 19.3 Å². The van der Waals surface area contributed by atoms with Gasteiger partial charge in [0, 0.05) is 18.2 Å². The zero-order valence-corrected chi connectivity index (χ0v) is 15.3. The lowest BCUT2D eigenvalue weighted by Gasteiger charge is -2.29. The molecule has 1 aromatic carbocycles. The Morgan fingerprint density at radius 2 is 2.08 bits per heavy atom. The molecule has 0 radical (unpaired) electrons. The molecule has 7 heteroatoms. The molecule has 132 valence electrons. The van der Waals surface area contributed by atoms with E-state index in [4.69, 9.17) is 11.6 Å². The topological polar surface area (TPSA) is 75.3 Å². The average molecular weight is 371 g/mol. The van der Waals surface area contributed by atoms with E-state index in [1.165, 1.54) is 30.7 Å². The molecule has 1 amide bonds. The fourth-order valence-electron chi connectivity index (χ4n) is 2.88. The standard InChI is InChI=1S/C17H23ClN2O3S/c1-3-10-19-24(22,23)16-11-13(8-9-14(16)18)17(21)20-15-7-5-4-6-12(15)2/h3,8-9,11-12,15,19H,1,4-7,10H2,2H3,(H,20,21)/t12-,15+/m1/s1. The Balaban J connectivity index is 2.20. The van der Waals surface area contributed by atoms with E-state index in [1.807, 2.05) is 0 Å². The molecule has 0 unspecified atom stereocenters. The van der Waals surface area contributed by atoms with Gasteiger partial charge < -0.3 is 5.32 Å². The molecule has 1 saturated carbocycles. The van der Waals surface area contributed by atoms with Crippen molar-refractivity contribution < 1.29 is 13.2 Å². The van der Waals surface area contributed by atoms with Crippen LogP contribution in [0, 0.1) is 5.92 Å². The van der Waals surface area contributed by atoms with Crippen molar-refractivity contribution in [1.82, 2.24) is 10.0 Å². The van der Waals surface area contributed by atoms with Gasteiger partial charge in [-0.15, -0.1) is 6.58 Å². The second-order valence-corrected chi connectivity index (χ2v) is 8.27. The van der Waals surface area contributed by atoms with E-state index < -0.39 is 10.0 Å². The fourth-order valence-corrected chi connectivity index (χ4v) is 4.40. The van der Waals surface area contributed by atoms with Crippen molar-refractivity contribution in [2.75, 3.05) is 6.54 Å². The summed E-state index contributed by atoms with van der Waals surface area (Å²) in [4.78, 5) is 12.4. The van der Waals surface area contributed by atoms with Crippen LogP contribution in [0.3, 0.4) is 0 Å². The second kappa shape index (κ2) is 8.14. The molecule has 0 spiro atoms. The first kappa shape index (κ1) is 19.0. The van der Waals surface area contributed by atoms with Gasteiger partial charge >= 0.3 is 0 Å².